The van der Waals surface area contributed by atoms with E-state index in [0.717, 1.165) is 44.9 Å². The molecule has 0 amide bonds. The maximum atomic E-state index is 12.2. The van der Waals surface area contributed by atoms with Crippen LogP contribution in [-0.4, -0.2) is 38.1 Å². The van der Waals surface area contributed by atoms with Crippen molar-refractivity contribution in [3.05, 3.63) is 36.7 Å². The molecule has 4 N–H and O–H groups in total. The number of aliphatic hydroxyl groups is 2. The van der Waals surface area contributed by atoms with Crippen LogP contribution in [-0.2, 0) is 0 Å². The minimum atomic E-state index is -0.562. The van der Waals surface area contributed by atoms with Crippen LogP contribution in [0.1, 0.15) is 71.6 Å². The predicted molar refractivity (Wildman–Crippen MR) is 132 cm³/mol. The molecule has 1 heterocycles. The summed E-state index contributed by atoms with van der Waals surface area (Å²) in [5, 5.41) is 26.6. The van der Waals surface area contributed by atoms with Crippen molar-refractivity contribution in [2.75, 3.05) is 5.43 Å². The Labute approximate surface area is 197 Å². The highest BCUT2D eigenvalue weighted by Crippen LogP contribution is 2.69. The molecule has 1 aromatic heterocycles. The van der Waals surface area contributed by atoms with Crippen LogP contribution >= 0.6 is 0 Å². The van der Waals surface area contributed by atoms with Gasteiger partial charge in [-0.3, -0.25) is 0 Å². The number of fused-ring (bicyclic) bond motifs is 5. The Bertz CT molecular complexity index is 911. The van der Waals surface area contributed by atoms with Crippen LogP contribution in [0.3, 0.4) is 0 Å². The van der Waals surface area contributed by atoms with E-state index in [9.17, 15) is 10.2 Å². The predicted octanol–water partition coefficient (Wildman–Crippen LogP) is 5.05. The molecule has 180 valence electrons. The topological polar surface area (TPSA) is 93.5 Å². The van der Waals surface area contributed by atoms with Gasteiger partial charge in [-0.25, -0.2) is 10.4 Å². The first-order chi connectivity index (χ1) is 15.9. The number of nitrogens with zero attached hydrogens (tertiary/aromatic N) is 2. The first-order valence-corrected chi connectivity index (χ1v) is 12.9. The van der Waals surface area contributed by atoms with Crippen LogP contribution in [0, 0.1) is 34.5 Å². The molecular formula is C27H40N4O2. The Morgan fingerprint density at radius 1 is 1.06 bits per heavy atom. The SMILES string of the molecule is C[C@]12CC[C@H](O)C[C@H]1CC[C@@H]1[C@@H]2CC[C@]2(C)[C@@H](/C=C/C=C/C=N/Nc3ncc[nH]3)CC[C@]12O. The third-order valence-corrected chi connectivity index (χ3v) is 10.3. The quantitative estimate of drug-likeness (QED) is 0.286. The second-order valence-corrected chi connectivity index (χ2v) is 11.5. The first-order valence-electron chi connectivity index (χ1n) is 12.9. The molecule has 4 saturated carbocycles. The highest BCUT2D eigenvalue weighted by molar-refractivity contribution is 5.72. The lowest BCUT2D eigenvalue weighted by molar-refractivity contribution is -0.207. The standard InChI is InChI=1S/C27H40N4O2/c1-25-12-10-21(32)18-20(25)7-8-23-22(25)11-13-26(2)19(9-14-27(23,26)33)6-4-3-5-15-30-31-24-28-16-17-29-24/h3-6,15-17,19-23,32-33H,7-14,18H2,1-2H3,(H2,28,29,31)/b5-3+,6-4+,30-15+/t19-,20+,21-,22-,23+,25-,26+,27-/m0/s1. The fourth-order valence-corrected chi connectivity index (χ4v) is 8.33. The van der Waals surface area contributed by atoms with Gasteiger partial charge in [-0.1, -0.05) is 32.1 Å². The van der Waals surface area contributed by atoms with Gasteiger partial charge in [0, 0.05) is 24.0 Å². The number of imidazole rings is 1. The van der Waals surface area contributed by atoms with Gasteiger partial charge in [0.2, 0.25) is 5.95 Å². The Kier molecular flexibility index (Phi) is 6.02. The second kappa shape index (κ2) is 8.70. The van der Waals surface area contributed by atoms with E-state index in [1.807, 2.05) is 12.2 Å². The van der Waals surface area contributed by atoms with Gasteiger partial charge in [-0.05, 0) is 93.0 Å². The zero-order valence-electron chi connectivity index (χ0n) is 20.1. The van der Waals surface area contributed by atoms with Crippen LogP contribution in [0.4, 0.5) is 5.95 Å². The van der Waals surface area contributed by atoms with Crippen molar-refractivity contribution in [1.82, 2.24) is 9.97 Å². The number of anilines is 1. The van der Waals surface area contributed by atoms with Crippen molar-refractivity contribution >= 4 is 12.2 Å². The number of rotatable bonds is 5. The van der Waals surface area contributed by atoms with E-state index in [0.29, 0.717) is 35.0 Å². The Morgan fingerprint density at radius 3 is 2.76 bits per heavy atom. The summed E-state index contributed by atoms with van der Waals surface area (Å²) >= 11 is 0. The number of aromatic amines is 1. The molecule has 33 heavy (non-hydrogen) atoms. The number of allylic oxidation sites excluding steroid dienone is 4. The third kappa shape index (κ3) is 3.79. The number of aromatic nitrogens is 2. The summed E-state index contributed by atoms with van der Waals surface area (Å²) in [6.45, 7) is 4.83. The van der Waals surface area contributed by atoms with Crippen LogP contribution in [0.2, 0.25) is 0 Å². The zero-order chi connectivity index (χ0) is 23.1. The summed E-state index contributed by atoms with van der Waals surface area (Å²) in [6.07, 6.45) is 23.0. The van der Waals surface area contributed by atoms with Gasteiger partial charge in [0.05, 0.1) is 11.7 Å². The maximum Gasteiger partial charge on any atom is 0.220 e. The summed E-state index contributed by atoms with van der Waals surface area (Å²) in [4.78, 5) is 7.00. The maximum absolute atomic E-state index is 12.2. The number of hydrogen-bond donors (Lipinski definition) is 4. The molecule has 0 aromatic carbocycles. The Hall–Kier alpha value is -1.92. The number of nitrogens with one attached hydrogen (secondary N) is 2. The minimum absolute atomic E-state index is 0.0508. The van der Waals surface area contributed by atoms with Gasteiger partial charge in [0.1, 0.15) is 0 Å². The molecule has 0 radical (unpaired) electrons. The molecule has 0 bridgehead atoms. The average Bonchev–Trinajstić information content (AvgIpc) is 3.40. The van der Waals surface area contributed by atoms with E-state index in [-0.39, 0.29) is 11.5 Å². The second-order valence-electron chi connectivity index (χ2n) is 11.5. The molecule has 1 aromatic rings. The molecule has 4 fully saturated rings. The van der Waals surface area contributed by atoms with Gasteiger partial charge < -0.3 is 15.2 Å². The summed E-state index contributed by atoms with van der Waals surface area (Å²) in [7, 11) is 0. The van der Waals surface area contributed by atoms with Gasteiger partial charge in [0.25, 0.3) is 0 Å². The van der Waals surface area contributed by atoms with Crippen molar-refractivity contribution in [2.24, 2.45) is 39.6 Å². The van der Waals surface area contributed by atoms with Crippen molar-refractivity contribution in [3.8, 4) is 0 Å². The molecule has 0 unspecified atom stereocenters. The molecule has 4 aliphatic rings. The molecule has 0 spiro atoms. The normalized spacial score (nSPS) is 45.4. The molecule has 6 nitrogen and oxygen atoms in total. The highest BCUT2D eigenvalue weighted by atomic mass is 16.3. The molecular weight excluding hydrogens is 412 g/mol. The van der Waals surface area contributed by atoms with E-state index in [1.165, 1.54) is 12.8 Å². The Balaban J connectivity index is 1.25. The Morgan fingerprint density at radius 2 is 1.94 bits per heavy atom. The summed E-state index contributed by atoms with van der Waals surface area (Å²) < 4.78 is 0. The summed E-state index contributed by atoms with van der Waals surface area (Å²) in [5.74, 6) is 2.66. The van der Waals surface area contributed by atoms with Gasteiger partial charge in [0.15, 0.2) is 0 Å². The van der Waals surface area contributed by atoms with Crippen molar-refractivity contribution < 1.29 is 10.2 Å². The summed E-state index contributed by atoms with van der Waals surface area (Å²) in [6, 6.07) is 0. The number of aliphatic hydroxyl groups excluding tert-OH is 1. The molecule has 6 heteroatoms. The lowest BCUT2D eigenvalue weighted by Crippen LogP contribution is -2.62. The molecule has 4 aliphatic carbocycles. The number of H-pyrrole nitrogens is 1. The first kappa shape index (κ1) is 22.9. The molecule has 5 rings (SSSR count). The summed E-state index contributed by atoms with van der Waals surface area (Å²) in [5.41, 5.74) is 2.51. The average molecular weight is 453 g/mol. The fraction of sp³-hybridized carbons (Fsp3) is 0.704. The van der Waals surface area contributed by atoms with Crippen LogP contribution < -0.4 is 5.43 Å². The van der Waals surface area contributed by atoms with E-state index < -0.39 is 5.60 Å². The minimum Gasteiger partial charge on any atom is -0.393 e. The van der Waals surface area contributed by atoms with Gasteiger partial charge in [-0.15, -0.1) is 0 Å². The monoisotopic (exact) mass is 452 g/mol. The highest BCUT2D eigenvalue weighted by Gasteiger charge is 2.66. The van der Waals surface area contributed by atoms with Crippen molar-refractivity contribution in [1.29, 1.82) is 0 Å². The van der Waals surface area contributed by atoms with E-state index >= 15 is 0 Å². The van der Waals surface area contributed by atoms with Crippen molar-refractivity contribution in [3.63, 3.8) is 0 Å². The lowest BCUT2D eigenvalue weighted by Gasteiger charge is -2.63. The van der Waals surface area contributed by atoms with Gasteiger partial charge in [-0.2, -0.15) is 5.10 Å². The molecule has 0 saturated heterocycles. The molecule has 8 atom stereocenters. The smallest absolute Gasteiger partial charge is 0.220 e. The lowest BCUT2D eigenvalue weighted by atomic mass is 9.43. The number of hydrogen-bond acceptors (Lipinski definition) is 5. The molecule has 0 aliphatic heterocycles. The van der Waals surface area contributed by atoms with E-state index in [2.05, 4.69) is 46.5 Å². The largest absolute Gasteiger partial charge is 0.393 e. The van der Waals surface area contributed by atoms with E-state index in [1.54, 1.807) is 18.6 Å². The third-order valence-electron chi connectivity index (χ3n) is 10.3. The van der Waals surface area contributed by atoms with Crippen molar-refractivity contribution in [2.45, 2.75) is 83.3 Å². The van der Waals surface area contributed by atoms with Crippen LogP contribution in [0.5, 0.6) is 0 Å². The van der Waals surface area contributed by atoms with Crippen LogP contribution in [0.15, 0.2) is 41.8 Å². The number of hydrazone groups is 1. The van der Waals surface area contributed by atoms with E-state index in [4.69, 9.17) is 0 Å². The fourth-order valence-electron chi connectivity index (χ4n) is 8.33. The van der Waals surface area contributed by atoms with Crippen LogP contribution in [0.25, 0.3) is 0 Å². The van der Waals surface area contributed by atoms with Gasteiger partial charge >= 0.3 is 0 Å². The zero-order valence-corrected chi connectivity index (χ0v) is 20.1.